The van der Waals surface area contributed by atoms with Gasteiger partial charge in [0.1, 0.15) is 0 Å². The van der Waals surface area contributed by atoms with Crippen LogP contribution in [-0.2, 0) is 6.42 Å². The summed E-state index contributed by atoms with van der Waals surface area (Å²) in [6.07, 6.45) is 1.20. The van der Waals surface area contributed by atoms with Gasteiger partial charge in [-0.2, -0.15) is 0 Å². The van der Waals surface area contributed by atoms with Gasteiger partial charge in [0.2, 0.25) is 0 Å². The van der Waals surface area contributed by atoms with Crippen LogP contribution in [0, 0.1) is 80.1 Å². The van der Waals surface area contributed by atoms with E-state index in [1.165, 1.54) is 28.7 Å². The van der Waals surface area contributed by atoms with E-state index >= 15 is 0 Å². The predicted molar refractivity (Wildman–Crippen MR) is 65.0 cm³/mol. The summed E-state index contributed by atoms with van der Waals surface area (Å²) in [5, 5.41) is 0. The molecule has 1 aromatic rings. The number of benzene rings is 1. The van der Waals surface area contributed by atoms with E-state index in [4.69, 9.17) is 0 Å². The monoisotopic (exact) mass is 322 g/mol. The van der Waals surface area contributed by atoms with Crippen LogP contribution in [-0.4, -0.2) is 0 Å². The van der Waals surface area contributed by atoms with E-state index in [0.29, 0.717) is 0 Å². The third-order valence-corrected chi connectivity index (χ3v) is 4.81. The van der Waals surface area contributed by atoms with Crippen LogP contribution in [0.4, 0.5) is 0 Å². The molecule has 0 saturated carbocycles. The van der Waals surface area contributed by atoms with Crippen LogP contribution < -0.4 is 0.0314 Å². The van der Waals surface area contributed by atoms with Gasteiger partial charge in [0.05, 0.1) is 0 Å². The molecule has 0 aliphatic heterocycles. The van der Waals surface area contributed by atoms with Crippen molar-refractivity contribution in [2.45, 2.75) is 48.0 Å². The van der Waals surface area contributed by atoms with Gasteiger partial charge in [-0.25, -0.2) is 0 Å². The number of hydrogen-bond donors (Lipinski definition) is 0. The molecule has 0 radical (unpaired) electrons. The summed E-state index contributed by atoms with van der Waals surface area (Å²) < 4.78 is 1.47. The zero-order chi connectivity index (χ0) is 11.7. The predicted octanol–water partition coefficient (Wildman–Crippen LogP) is 3.03. The van der Waals surface area contributed by atoms with Gasteiger partial charge < -0.3 is 0 Å². The Hall–Kier alpha value is 0.791. The molecule has 0 amide bonds. The maximum absolute atomic E-state index is 2.51. The molecule has 0 heterocycles. The van der Waals surface area contributed by atoms with Gasteiger partial charge in [-0.3, -0.25) is 0 Å². The normalized spacial score (nSPS) is 11.3. The van der Waals surface area contributed by atoms with E-state index < -0.39 is 0 Å². The van der Waals surface area contributed by atoms with Crippen molar-refractivity contribution in [1.29, 1.82) is 0 Å². The van der Waals surface area contributed by atoms with Crippen LogP contribution in [0.3, 0.4) is 0 Å². The summed E-state index contributed by atoms with van der Waals surface area (Å²) in [5.41, 5.74) is 7.46. The summed E-state index contributed by atoms with van der Waals surface area (Å²) in [5.74, 6) is 0.735. The summed E-state index contributed by atoms with van der Waals surface area (Å²) in [4.78, 5) is 0. The van der Waals surface area contributed by atoms with Crippen LogP contribution in [0.1, 0.15) is 41.7 Å². The molecular weight excluding hydrogens is 299 g/mol. The molecular formula is C14H22Xe. The summed E-state index contributed by atoms with van der Waals surface area (Å²) >= 11 is 2.51. The standard InChI is InChI=1S/C14H22Xe/c1-8(2)7-13-11(5)9(3)10(4)12(6)14(13)15/h8,15H,7H2,1-6H3. The van der Waals surface area contributed by atoms with Gasteiger partial charge in [0, 0.05) is 0 Å². The van der Waals surface area contributed by atoms with Gasteiger partial charge in [0.25, 0.3) is 0 Å². The average molecular weight is 322 g/mol. The fraction of sp³-hybridized carbons (Fsp3) is 0.571. The van der Waals surface area contributed by atoms with Crippen LogP contribution >= 0.6 is 0 Å². The Morgan fingerprint density at radius 1 is 0.867 bits per heavy atom. The van der Waals surface area contributed by atoms with Crippen LogP contribution in [0.2, 0.25) is 0 Å². The Balaban J connectivity index is 3.39. The van der Waals surface area contributed by atoms with Crippen molar-refractivity contribution in [3.63, 3.8) is 0 Å². The minimum absolute atomic E-state index is 0.735. The Kier molecular flexibility index (Phi) is 5.00. The first-order valence-corrected chi connectivity index (χ1v) is 6.68. The topological polar surface area (TPSA) is 0 Å². The van der Waals surface area contributed by atoms with Gasteiger partial charge >= 0.3 is 128 Å². The fourth-order valence-corrected chi connectivity index (χ4v) is 3.02. The second-order valence-electron chi connectivity index (χ2n) is 4.89. The number of rotatable bonds is 2. The van der Waals surface area contributed by atoms with Crippen molar-refractivity contribution < 1.29 is 46.5 Å². The van der Waals surface area contributed by atoms with Crippen molar-refractivity contribution in [1.82, 2.24) is 0 Å². The first-order valence-electron chi connectivity index (χ1n) is 5.61. The Morgan fingerprint density at radius 3 is 1.80 bits per heavy atom. The molecule has 0 unspecified atom stereocenters. The van der Waals surface area contributed by atoms with Crippen LogP contribution in [0.5, 0.6) is 0 Å². The van der Waals surface area contributed by atoms with Gasteiger partial charge in [-0.05, 0) is 0 Å². The quantitative estimate of drug-likeness (QED) is 0.785. The van der Waals surface area contributed by atoms with Crippen molar-refractivity contribution in [2.75, 3.05) is 0 Å². The van der Waals surface area contributed by atoms with Crippen LogP contribution in [0.15, 0.2) is 0 Å². The van der Waals surface area contributed by atoms with Crippen LogP contribution in [0.25, 0.3) is 0 Å². The zero-order valence-electron chi connectivity index (χ0n) is 10.7. The van der Waals surface area contributed by atoms with Gasteiger partial charge in [-0.1, -0.05) is 0 Å². The second kappa shape index (κ2) is 5.42. The summed E-state index contributed by atoms with van der Waals surface area (Å²) in [6, 6.07) is 0. The first kappa shape index (κ1) is 13.9. The molecule has 0 aliphatic rings. The number of hydrogen-bond acceptors (Lipinski definition) is 0. The molecule has 0 nitrogen and oxygen atoms in total. The summed E-state index contributed by atoms with van der Waals surface area (Å²) in [7, 11) is 0. The molecule has 0 fully saturated rings. The van der Waals surface area contributed by atoms with Crippen molar-refractivity contribution in [3.05, 3.63) is 27.8 Å². The fourth-order valence-electron chi connectivity index (χ4n) is 2.00. The van der Waals surface area contributed by atoms with E-state index in [2.05, 4.69) is 88.1 Å². The molecule has 0 aliphatic carbocycles. The summed E-state index contributed by atoms with van der Waals surface area (Å²) in [6.45, 7) is 13.6. The second-order valence-corrected chi connectivity index (χ2v) is 5.97. The molecule has 0 bridgehead atoms. The van der Waals surface area contributed by atoms with Gasteiger partial charge in [-0.15, -0.1) is 0 Å². The van der Waals surface area contributed by atoms with Crippen molar-refractivity contribution >= 4 is 0.0314 Å². The average Bonchev–Trinajstić information content (AvgIpc) is 2.18. The molecule has 0 aromatic heterocycles. The molecule has 1 aromatic carbocycles. The van der Waals surface area contributed by atoms with E-state index in [1.54, 1.807) is 5.56 Å². The Bertz CT molecular complexity index is 346. The molecule has 86 valence electrons. The van der Waals surface area contributed by atoms with Crippen molar-refractivity contribution in [3.8, 4) is 0 Å². The zero-order valence-corrected chi connectivity index (χ0v) is 12.8. The molecule has 1 rings (SSSR count). The molecule has 0 saturated heterocycles. The first-order chi connectivity index (χ1) is 6.86. The Morgan fingerprint density at radius 2 is 1.33 bits per heavy atom. The van der Waals surface area contributed by atoms with Crippen molar-refractivity contribution in [2.24, 2.45) is 5.92 Å². The molecule has 1 heteroatoms. The molecule has 0 spiro atoms. The van der Waals surface area contributed by atoms with E-state index in [1.807, 2.05) is 0 Å². The Labute approximate surface area is 127 Å². The van der Waals surface area contributed by atoms with E-state index in [9.17, 15) is 0 Å². The van der Waals surface area contributed by atoms with E-state index in [-0.39, 0.29) is 0 Å². The SMILES string of the molecule is Cc1c(C)c(C)c(CC(C)C)c([XeH])c1C. The third-order valence-electron chi connectivity index (χ3n) is 3.35. The molecule has 0 atom stereocenters. The molecule has 0 N–H and O–H groups in total. The van der Waals surface area contributed by atoms with E-state index in [0.717, 1.165) is 5.92 Å². The minimum atomic E-state index is 0.735. The maximum atomic E-state index is 2.51. The molecule has 15 heavy (non-hydrogen) atoms. The van der Waals surface area contributed by atoms with Gasteiger partial charge in [0.15, 0.2) is 0 Å². The third kappa shape index (κ3) is 2.92.